The second kappa shape index (κ2) is 5.53. The quantitative estimate of drug-likeness (QED) is 0.872. The summed E-state index contributed by atoms with van der Waals surface area (Å²) in [4.78, 5) is 0.246. The predicted molar refractivity (Wildman–Crippen MR) is 84.0 cm³/mol. The molecule has 1 aromatic carbocycles. The molecule has 7 heteroatoms. The van der Waals surface area contributed by atoms with Crippen LogP contribution in [0.5, 0.6) is 5.75 Å². The van der Waals surface area contributed by atoms with E-state index in [1.165, 1.54) is 7.11 Å². The number of benzene rings is 1. The first-order valence-electron chi connectivity index (χ1n) is 6.98. The molecular formula is C14H19BrN2O3S. The first-order chi connectivity index (χ1) is 9.93. The molecule has 2 saturated heterocycles. The van der Waals surface area contributed by atoms with Crippen molar-refractivity contribution in [1.82, 2.24) is 9.62 Å². The fourth-order valence-electron chi connectivity index (χ4n) is 3.15. The molecule has 0 aromatic heterocycles. The molecule has 2 aliphatic rings. The number of rotatable bonds is 3. The Kier molecular flexibility index (Phi) is 4.02. The lowest BCUT2D eigenvalue weighted by atomic mass is 10.0. The summed E-state index contributed by atoms with van der Waals surface area (Å²) in [5.41, 5.74) is 0.952. The zero-order valence-electron chi connectivity index (χ0n) is 12.1. The summed E-state index contributed by atoms with van der Waals surface area (Å²) in [5.74, 6) is 1.27. The molecule has 21 heavy (non-hydrogen) atoms. The van der Waals surface area contributed by atoms with Gasteiger partial charge in [0.25, 0.3) is 0 Å². The number of sulfonamides is 1. The van der Waals surface area contributed by atoms with Gasteiger partial charge in [-0.25, -0.2) is 8.42 Å². The van der Waals surface area contributed by atoms with Crippen LogP contribution in [-0.2, 0) is 10.0 Å². The van der Waals surface area contributed by atoms with Crippen LogP contribution >= 0.6 is 15.9 Å². The van der Waals surface area contributed by atoms with Crippen LogP contribution in [0.25, 0.3) is 0 Å². The Labute approximate surface area is 133 Å². The number of halogens is 1. The minimum Gasteiger partial charge on any atom is -0.495 e. The van der Waals surface area contributed by atoms with Gasteiger partial charge < -0.3 is 10.1 Å². The van der Waals surface area contributed by atoms with Crippen molar-refractivity contribution in [2.24, 2.45) is 11.8 Å². The van der Waals surface area contributed by atoms with Gasteiger partial charge in [0.05, 0.1) is 7.11 Å². The van der Waals surface area contributed by atoms with Crippen molar-refractivity contribution in [2.45, 2.75) is 11.8 Å². The Balaban J connectivity index is 1.97. The van der Waals surface area contributed by atoms with Gasteiger partial charge >= 0.3 is 0 Å². The first kappa shape index (κ1) is 15.3. The molecule has 3 rings (SSSR count). The molecule has 0 amide bonds. The van der Waals surface area contributed by atoms with Crippen LogP contribution in [0.4, 0.5) is 0 Å². The molecule has 2 heterocycles. The highest BCUT2D eigenvalue weighted by atomic mass is 79.9. The molecule has 5 nitrogen and oxygen atoms in total. The smallest absolute Gasteiger partial charge is 0.246 e. The number of aryl methyl sites for hydroxylation is 1. The lowest BCUT2D eigenvalue weighted by molar-refractivity contribution is 0.395. The minimum absolute atomic E-state index is 0.246. The summed E-state index contributed by atoms with van der Waals surface area (Å²) >= 11 is 3.41. The second-order valence-electron chi connectivity index (χ2n) is 5.75. The lowest BCUT2D eigenvalue weighted by Crippen LogP contribution is -2.32. The van der Waals surface area contributed by atoms with Gasteiger partial charge in [-0.3, -0.25) is 0 Å². The van der Waals surface area contributed by atoms with Crippen molar-refractivity contribution in [3.63, 3.8) is 0 Å². The van der Waals surface area contributed by atoms with E-state index in [1.54, 1.807) is 16.4 Å². The van der Waals surface area contributed by atoms with Crippen LogP contribution in [-0.4, -0.2) is 46.0 Å². The molecule has 0 spiro atoms. The Bertz CT molecular complexity index is 650. The van der Waals surface area contributed by atoms with Crippen molar-refractivity contribution in [3.05, 3.63) is 22.2 Å². The Morgan fingerprint density at radius 3 is 2.48 bits per heavy atom. The zero-order valence-corrected chi connectivity index (χ0v) is 14.5. The van der Waals surface area contributed by atoms with Gasteiger partial charge in [-0.15, -0.1) is 0 Å². The molecule has 2 atom stereocenters. The molecule has 1 N–H and O–H groups in total. The summed E-state index contributed by atoms with van der Waals surface area (Å²) < 4.78 is 33.5. The number of methoxy groups -OCH3 is 1. The van der Waals surface area contributed by atoms with Gasteiger partial charge in [-0.05, 0) is 49.5 Å². The second-order valence-corrected chi connectivity index (χ2v) is 8.51. The van der Waals surface area contributed by atoms with Crippen LogP contribution < -0.4 is 10.1 Å². The number of nitrogens with zero attached hydrogens (tertiary/aromatic N) is 1. The van der Waals surface area contributed by atoms with E-state index in [0.29, 0.717) is 30.7 Å². The normalized spacial score (nSPS) is 26.0. The number of fused-ring (bicyclic) bond motifs is 1. The van der Waals surface area contributed by atoms with Crippen LogP contribution in [0.1, 0.15) is 5.56 Å². The van der Waals surface area contributed by atoms with Gasteiger partial charge in [-0.1, -0.05) is 15.9 Å². The molecule has 1 aromatic rings. The van der Waals surface area contributed by atoms with E-state index in [2.05, 4.69) is 21.2 Å². The van der Waals surface area contributed by atoms with Crippen molar-refractivity contribution in [2.75, 3.05) is 33.3 Å². The summed E-state index contributed by atoms with van der Waals surface area (Å²) in [6.45, 7) is 4.91. The fraction of sp³-hybridized carbons (Fsp3) is 0.571. The molecule has 0 bridgehead atoms. The summed E-state index contributed by atoms with van der Waals surface area (Å²) in [6.07, 6.45) is 0. The third kappa shape index (κ3) is 2.60. The van der Waals surface area contributed by atoms with E-state index in [0.717, 1.165) is 23.1 Å². The van der Waals surface area contributed by atoms with Gasteiger partial charge in [0, 0.05) is 17.6 Å². The fourth-order valence-corrected chi connectivity index (χ4v) is 5.36. The molecular weight excluding hydrogens is 356 g/mol. The van der Waals surface area contributed by atoms with Gasteiger partial charge in [0.15, 0.2) is 0 Å². The molecule has 2 fully saturated rings. The third-order valence-electron chi connectivity index (χ3n) is 4.42. The van der Waals surface area contributed by atoms with Crippen molar-refractivity contribution in [1.29, 1.82) is 0 Å². The van der Waals surface area contributed by atoms with Gasteiger partial charge in [0.1, 0.15) is 10.6 Å². The highest BCUT2D eigenvalue weighted by Gasteiger charge is 2.42. The van der Waals surface area contributed by atoms with Crippen molar-refractivity contribution < 1.29 is 13.2 Å². The van der Waals surface area contributed by atoms with E-state index in [4.69, 9.17) is 4.74 Å². The van der Waals surface area contributed by atoms with Crippen LogP contribution in [0.15, 0.2) is 21.5 Å². The maximum Gasteiger partial charge on any atom is 0.246 e. The summed E-state index contributed by atoms with van der Waals surface area (Å²) in [5, 5.41) is 3.32. The SMILES string of the molecule is COc1cc(C)c(Br)cc1S(=O)(=O)N1C[C@H]2CNC[C@H]2C1. The Morgan fingerprint density at radius 2 is 1.90 bits per heavy atom. The number of nitrogens with one attached hydrogen (secondary N) is 1. The molecule has 0 aliphatic carbocycles. The monoisotopic (exact) mass is 374 g/mol. The largest absolute Gasteiger partial charge is 0.495 e. The van der Waals surface area contributed by atoms with Gasteiger partial charge in [0.2, 0.25) is 10.0 Å². The number of hydrogen-bond donors (Lipinski definition) is 1. The van der Waals surface area contributed by atoms with Crippen molar-refractivity contribution in [3.8, 4) is 5.75 Å². The highest BCUT2D eigenvalue weighted by molar-refractivity contribution is 9.10. The summed E-state index contributed by atoms with van der Waals surface area (Å²) in [6, 6.07) is 3.41. The molecule has 2 aliphatic heterocycles. The van der Waals surface area contributed by atoms with Crippen LogP contribution in [0, 0.1) is 18.8 Å². The average molecular weight is 375 g/mol. The van der Waals surface area contributed by atoms with E-state index < -0.39 is 10.0 Å². The predicted octanol–water partition coefficient (Wildman–Crippen LogP) is 1.61. The molecule has 0 unspecified atom stereocenters. The topological polar surface area (TPSA) is 58.6 Å². The first-order valence-corrected chi connectivity index (χ1v) is 9.22. The van der Waals surface area contributed by atoms with E-state index in [-0.39, 0.29) is 4.90 Å². The Morgan fingerprint density at radius 1 is 1.29 bits per heavy atom. The maximum atomic E-state index is 12.9. The van der Waals surface area contributed by atoms with Gasteiger partial charge in [-0.2, -0.15) is 4.31 Å². The third-order valence-corrected chi connectivity index (χ3v) is 7.13. The molecule has 0 saturated carbocycles. The summed E-state index contributed by atoms with van der Waals surface area (Å²) in [7, 11) is -2.01. The minimum atomic E-state index is -3.51. The number of hydrogen-bond acceptors (Lipinski definition) is 4. The molecule has 116 valence electrons. The average Bonchev–Trinajstić information content (AvgIpc) is 3.02. The lowest BCUT2D eigenvalue weighted by Gasteiger charge is -2.20. The standard InChI is InChI=1S/C14H19BrN2O3S/c1-9-3-13(20-2)14(4-12(9)15)21(18,19)17-7-10-5-16-6-11(10)8-17/h3-4,10-11,16H,5-8H2,1-2H3/t10-,11+. The molecule has 0 radical (unpaired) electrons. The number of ether oxygens (including phenoxy) is 1. The Hall–Kier alpha value is -0.630. The van der Waals surface area contributed by atoms with E-state index in [9.17, 15) is 8.42 Å². The maximum absolute atomic E-state index is 12.9. The van der Waals surface area contributed by atoms with Crippen LogP contribution in [0.2, 0.25) is 0 Å². The zero-order chi connectivity index (χ0) is 15.2. The van der Waals surface area contributed by atoms with Crippen molar-refractivity contribution >= 4 is 26.0 Å². The highest BCUT2D eigenvalue weighted by Crippen LogP contribution is 2.36. The van der Waals surface area contributed by atoms with E-state index in [1.807, 2.05) is 6.92 Å². The van der Waals surface area contributed by atoms with Crippen LogP contribution in [0.3, 0.4) is 0 Å². The van der Waals surface area contributed by atoms with E-state index >= 15 is 0 Å².